The molecule has 13 heavy (non-hydrogen) atoms. The minimum atomic E-state index is -1.22. The van der Waals surface area contributed by atoms with E-state index >= 15 is 0 Å². The lowest BCUT2D eigenvalue weighted by Crippen LogP contribution is -2.16. The van der Waals surface area contributed by atoms with Crippen molar-refractivity contribution >= 4 is 13.9 Å². The number of hydrogen-bond acceptors (Lipinski definition) is 1. The number of carbonyl (C=O) groups excluding carboxylic acids is 1. The SMILES string of the molecule is CC=C(CC)C(=O)C=C[Si](C)(C)C. The number of carbonyl (C=O) groups is 1. The molecule has 2 heteroatoms. The van der Waals surface area contributed by atoms with Crippen molar-refractivity contribution in [2.24, 2.45) is 0 Å². The van der Waals surface area contributed by atoms with Crippen molar-refractivity contribution in [1.82, 2.24) is 0 Å². The van der Waals surface area contributed by atoms with E-state index in [1.165, 1.54) is 0 Å². The fraction of sp³-hybridized carbons (Fsp3) is 0.545. The molecule has 0 unspecified atom stereocenters. The van der Waals surface area contributed by atoms with Gasteiger partial charge in [0.15, 0.2) is 5.78 Å². The number of rotatable bonds is 4. The van der Waals surface area contributed by atoms with Gasteiger partial charge in [-0.15, -0.1) is 0 Å². The molecule has 0 saturated carbocycles. The Morgan fingerprint density at radius 3 is 2.15 bits per heavy atom. The van der Waals surface area contributed by atoms with Crippen molar-refractivity contribution in [3.63, 3.8) is 0 Å². The molecule has 0 aromatic rings. The summed E-state index contributed by atoms with van der Waals surface area (Å²) >= 11 is 0. The maximum atomic E-state index is 11.5. The van der Waals surface area contributed by atoms with Crippen molar-refractivity contribution in [1.29, 1.82) is 0 Å². The van der Waals surface area contributed by atoms with Gasteiger partial charge in [0, 0.05) is 0 Å². The maximum Gasteiger partial charge on any atom is 0.180 e. The van der Waals surface area contributed by atoms with E-state index in [0.29, 0.717) is 0 Å². The van der Waals surface area contributed by atoms with Gasteiger partial charge in [-0.2, -0.15) is 0 Å². The van der Waals surface area contributed by atoms with Crippen molar-refractivity contribution in [3.05, 3.63) is 23.4 Å². The van der Waals surface area contributed by atoms with E-state index in [9.17, 15) is 4.79 Å². The molecule has 0 bridgehead atoms. The standard InChI is InChI=1S/C11H20OSi/c1-6-10(7-2)11(12)8-9-13(3,4)5/h6,8-9H,7H2,1-5H3. The fourth-order valence-electron chi connectivity index (χ4n) is 0.953. The van der Waals surface area contributed by atoms with Crippen LogP contribution in [0.4, 0.5) is 0 Å². The van der Waals surface area contributed by atoms with E-state index < -0.39 is 8.07 Å². The Balaban J connectivity index is 4.40. The fourth-order valence-corrected chi connectivity index (χ4v) is 1.60. The molecular weight excluding hydrogens is 176 g/mol. The summed E-state index contributed by atoms with van der Waals surface area (Å²) in [4.78, 5) is 11.5. The molecule has 0 aromatic carbocycles. The van der Waals surface area contributed by atoms with Gasteiger partial charge >= 0.3 is 0 Å². The van der Waals surface area contributed by atoms with Gasteiger partial charge in [-0.1, -0.05) is 38.3 Å². The first-order valence-corrected chi connectivity index (χ1v) is 8.37. The molecule has 0 rings (SSSR count). The minimum absolute atomic E-state index is 0.174. The van der Waals surface area contributed by atoms with Crippen molar-refractivity contribution < 1.29 is 4.79 Å². The normalized spacial score (nSPS) is 13.8. The molecule has 0 N–H and O–H groups in total. The second kappa shape index (κ2) is 5.17. The Morgan fingerprint density at radius 1 is 1.31 bits per heavy atom. The van der Waals surface area contributed by atoms with Gasteiger partial charge in [0.1, 0.15) is 0 Å². The highest BCUT2D eigenvalue weighted by atomic mass is 28.3. The molecule has 0 aliphatic carbocycles. The first-order valence-electron chi connectivity index (χ1n) is 4.79. The first-order chi connectivity index (χ1) is 5.90. The van der Waals surface area contributed by atoms with Crippen LogP contribution in [0.2, 0.25) is 19.6 Å². The van der Waals surface area contributed by atoms with E-state index in [1.54, 1.807) is 6.08 Å². The summed E-state index contributed by atoms with van der Waals surface area (Å²) in [6.45, 7) is 10.6. The molecule has 0 radical (unpaired) electrons. The zero-order chi connectivity index (χ0) is 10.5. The highest BCUT2D eigenvalue weighted by molar-refractivity contribution is 6.81. The van der Waals surface area contributed by atoms with E-state index in [4.69, 9.17) is 0 Å². The first kappa shape index (κ1) is 12.4. The van der Waals surface area contributed by atoms with Crippen LogP contribution < -0.4 is 0 Å². The van der Waals surface area contributed by atoms with Crippen LogP contribution in [0.5, 0.6) is 0 Å². The minimum Gasteiger partial charge on any atom is -0.290 e. The van der Waals surface area contributed by atoms with Crippen molar-refractivity contribution in [2.75, 3.05) is 0 Å². The maximum absolute atomic E-state index is 11.5. The molecule has 0 amide bonds. The number of hydrogen-bond donors (Lipinski definition) is 0. The Labute approximate surface area is 82.6 Å². The smallest absolute Gasteiger partial charge is 0.180 e. The predicted molar refractivity (Wildman–Crippen MR) is 61.5 cm³/mol. The van der Waals surface area contributed by atoms with Crippen LogP contribution in [-0.4, -0.2) is 13.9 Å². The van der Waals surface area contributed by atoms with E-state index in [0.717, 1.165) is 12.0 Å². The summed E-state index contributed by atoms with van der Waals surface area (Å²) < 4.78 is 0. The molecule has 74 valence electrons. The number of ketones is 1. The van der Waals surface area contributed by atoms with Crippen LogP contribution in [-0.2, 0) is 4.79 Å². The molecule has 0 aliphatic heterocycles. The molecular formula is C11H20OSi. The van der Waals surface area contributed by atoms with Crippen LogP contribution in [0.3, 0.4) is 0 Å². The Bertz CT molecular complexity index is 231. The van der Waals surface area contributed by atoms with Crippen molar-refractivity contribution in [3.8, 4) is 0 Å². The zero-order valence-electron chi connectivity index (χ0n) is 9.35. The third-order valence-electron chi connectivity index (χ3n) is 1.78. The zero-order valence-corrected chi connectivity index (χ0v) is 10.3. The third kappa shape index (κ3) is 5.58. The molecule has 0 aliphatic rings. The summed E-state index contributed by atoms with van der Waals surface area (Å²) in [5.41, 5.74) is 3.00. The lowest BCUT2D eigenvalue weighted by Gasteiger charge is -2.07. The quantitative estimate of drug-likeness (QED) is 0.498. The van der Waals surface area contributed by atoms with Gasteiger partial charge in [-0.25, -0.2) is 0 Å². The molecule has 0 heterocycles. The molecule has 0 spiro atoms. The molecule has 1 nitrogen and oxygen atoms in total. The summed E-state index contributed by atoms with van der Waals surface area (Å²) in [6.07, 6.45) is 4.47. The van der Waals surface area contributed by atoms with Crippen LogP contribution in [0.15, 0.2) is 23.4 Å². The monoisotopic (exact) mass is 196 g/mol. The van der Waals surface area contributed by atoms with Gasteiger partial charge < -0.3 is 0 Å². The summed E-state index contributed by atoms with van der Waals surface area (Å²) in [6, 6.07) is 0. The van der Waals surface area contributed by atoms with Crippen molar-refractivity contribution in [2.45, 2.75) is 39.9 Å². The van der Waals surface area contributed by atoms with Gasteiger partial charge in [-0.3, -0.25) is 4.79 Å². The topological polar surface area (TPSA) is 17.1 Å². The molecule has 0 atom stereocenters. The summed E-state index contributed by atoms with van der Waals surface area (Å²) in [5.74, 6) is 0.174. The molecule has 0 aromatic heterocycles. The summed E-state index contributed by atoms with van der Waals surface area (Å²) in [5, 5.41) is 0. The second-order valence-electron chi connectivity index (χ2n) is 4.23. The second-order valence-corrected chi connectivity index (χ2v) is 9.30. The lowest BCUT2D eigenvalue weighted by molar-refractivity contribution is -0.111. The van der Waals surface area contributed by atoms with Gasteiger partial charge in [0.25, 0.3) is 0 Å². The Hall–Kier alpha value is -0.633. The average Bonchev–Trinajstić information content (AvgIpc) is 2.02. The Kier molecular flexibility index (Phi) is 4.92. The third-order valence-corrected chi connectivity index (χ3v) is 2.95. The van der Waals surface area contributed by atoms with E-state index in [-0.39, 0.29) is 5.78 Å². The predicted octanol–water partition coefficient (Wildman–Crippen LogP) is 3.35. The largest absolute Gasteiger partial charge is 0.290 e. The highest BCUT2D eigenvalue weighted by Crippen LogP contribution is 2.06. The van der Waals surface area contributed by atoms with Crippen LogP contribution in [0, 0.1) is 0 Å². The average molecular weight is 196 g/mol. The molecule has 0 saturated heterocycles. The van der Waals surface area contributed by atoms with Crippen LogP contribution in [0.25, 0.3) is 0 Å². The van der Waals surface area contributed by atoms with E-state index in [1.807, 2.05) is 19.9 Å². The lowest BCUT2D eigenvalue weighted by atomic mass is 10.1. The van der Waals surface area contributed by atoms with Crippen LogP contribution >= 0.6 is 0 Å². The number of allylic oxidation sites excluding steroid dienone is 3. The summed E-state index contributed by atoms with van der Waals surface area (Å²) in [7, 11) is -1.22. The van der Waals surface area contributed by atoms with Crippen LogP contribution in [0.1, 0.15) is 20.3 Å². The van der Waals surface area contributed by atoms with Gasteiger partial charge in [-0.05, 0) is 25.0 Å². The molecule has 0 fully saturated rings. The van der Waals surface area contributed by atoms with Gasteiger partial charge in [0.2, 0.25) is 0 Å². The van der Waals surface area contributed by atoms with E-state index in [2.05, 4.69) is 25.3 Å². The highest BCUT2D eigenvalue weighted by Gasteiger charge is 2.09. The Morgan fingerprint density at radius 2 is 1.85 bits per heavy atom. The van der Waals surface area contributed by atoms with Gasteiger partial charge in [0.05, 0.1) is 8.07 Å².